The van der Waals surface area contributed by atoms with E-state index in [2.05, 4.69) is 37.4 Å². The molecule has 1 saturated carbocycles. The monoisotopic (exact) mass is 467 g/mol. The van der Waals surface area contributed by atoms with Gasteiger partial charge >= 0.3 is 0 Å². The van der Waals surface area contributed by atoms with Crippen LogP contribution in [0.4, 0.5) is 0 Å². The molecule has 1 unspecified atom stereocenters. The number of hydrogen-bond acceptors (Lipinski definition) is 8. The predicted octanol–water partition coefficient (Wildman–Crippen LogP) is 3.95. The topological polar surface area (TPSA) is 104 Å². The van der Waals surface area contributed by atoms with Crippen molar-refractivity contribution in [2.45, 2.75) is 64.1 Å². The molecule has 1 aliphatic carbocycles. The standard InChI is InChI=1S/C25H33N5O4/c1-18(15-33-17-31)26-13-12-19-8-10-20(11-9-19)24-28-25(34-29-24)22-14-27-30(23(22)16-32-2)21-6-4-3-5-7-21/h8-11,14,17-18,21,26H,3-7,12-13,15-16H2,1-2H3. The first kappa shape index (κ1) is 24.1. The zero-order chi connectivity index (χ0) is 23.8. The van der Waals surface area contributed by atoms with Crippen LogP contribution in [0.2, 0.25) is 0 Å². The third-order valence-electron chi connectivity index (χ3n) is 6.29. The zero-order valence-corrected chi connectivity index (χ0v) is 19.9. The van der Waals surface area contributed by atoms with Crippen LogP contribution < -0.4 is 5.32 Å². The maximum Gasteiger partial charge on any atom is 0.293 e. The highest BCUT2D eigenvalue weighted by atomic mass is 16.5. The van der Waals surface area contributed by atoms with Crippen molar-refractivity contribution in [2.75, 3.05) is 20.3 Å². The SMILES string of the molecule is COCc1c(-c2nc(-c3ccc(CCNC(C)COC=O)cc3)no2)cnn1C1CCCCC1. The lowest BCUT2D eigenvalue weighted by Gasteiger charge is -2.24. The fraction of sp³-hybridized carbons (Fsp3) is 0.520. The first-order valence-corrected chi connectivity index (χ1v) is 12.0. The first-order valence-electron chi connectivity index (χ1n) is 12.0. The maximum atomic E-state index is 10.3. The molecule has 0 spiro atoms. The molecule has 1 atom stereocenters. The summed E-state index contributed by atoms with van der Waals surface area (Å²) < 4.78 is 18.0. The smallest absolute Gasteiger partial charge is 0.293 e. The Bertz CT molecular complexity index is 1040. The maximum absolute atomic E-state index is 10.3. The summed E-state index contributed by atoms with van der Waals surface area (Å²) in [6, 6.07) is 8.66. The van der Waals surface area contributed by atoms with Crippen molar-refractivity contribution < 1.29 is 18.8 Å². The minimum atomic E-state index is 0.118. The van der Waals surface area contributed by atoms with Crippen LogP contribution in [0.5, 0.6) is 0 Å². The molecule has 0 bridgehead atoms. The van der Waals surface area contributed by atoms with Crippen LogP contribution in [-0.2, 0) is 27.3 Å². The van der Waals surface area contributed by atoms with Gasteiger partial charge in [-0.15, -0.1) is 0 Å². The Kier molecular flexibility index (Phi) is 8.43. The van der Waals surface area contributed by atoms with E-state index in [0.717, 1.165) is 42.6 Å². The fourth-order valence-corrected chi connectivity index (χ4v) is 4.46. The average Bonchev–Trinajstić information content (AvgIpc) is 3.51. The highest BCUT2D eigenvalue weighted by Crippen LogP contribution is 2.33. The Balaban J connectivity index is 1.42. The van der Waals surface area contributed by atoms with Crippen LogP contribution in [0.3, 0.4) is 0 Å². The number of methoxy groups -OCH3 is 1. The molecular weight excluding hydrogens is 434 g/mol. The van der Waals surface area contributed by atoms with Gasteiger partial charge in [0.2, 0.25) is 5.82 Å². The van der Waals surface area contributed by atoms with Crippen LogP contribution in [0.1, 0.15) is 56.3 Å². The van der Waals surface area contributed by atoms with E-state index in [1.807, 2.05) is 25.3 Å². The number of carbonyl (C=O) groups is 1. The molecule has 34 heavy (non-hydrogen) atoms. The van der Waals surface area contributed by atoms with E-state index in [4.69, 9.17) is 14.0 Å². The van der Waals surface area contributed by atoms with Gasteiger partial charge in [-0.1, -0.05) is 48.7 Å². The summed E-state index contributed by atoms with van der Waals surface area (Å²) in [5.41, 5.74) is 3.91. The minimum Gasteiger partial charge on any atom is -0.466 e. The Labute approximate surface area is 199 Å². The molecule has 9 nitrogen and oxygen atoms in total. The van der Waals surface area contributed by atoms with Gasteiger partial charge in [-0.05, 0) is 38.3 Å². The van der Waals surface area contributed by atoms with Gasteiger partial charge < -0.3 is 19.3 Å². The number of benzene rings is 1. The molecule has 9 heteroatoms. The van der Waals surface area contributed by atoms with Gasteiger partial charge in [-0.3, -0.25) is 9.48 Å². The van der Waals surface area contributed by atoms with E-state index in [1.165, 1.54) is 24.8 Å². The van der Waals surface area contributed by atoms with Crippen LogP contribution in [0, 0.1) is 0 Å². The molecule has 2 heterocycles. The van der Waals surface area contributed by atoms with Gasteiger partial charge in [-0.2, -0.15) is 10.1 Å². The lowest BCUT2D eigenvalue weighted by molar-refractivity contribution is -0.129. The van der Waals surface area contributed by atoms with Crippen molar-refractivity contribution in [3.63, 3.8) is 0 Å². The van der Waals surface area contributed by atoms with Gasteiger partial charge in [0, 0.05) is 18.7 Å². The number of rotatable bonds is 12. The van der Waals surface area contributed by atoms with Crippen molar-refractivity contribution in [1.82, 2.24) is 25.2 Å². The van der Waals surface area contributed by atoms with Crippen LogP contribution in [-0.4, -0.2) is 52.7 Å². The Morgan fingerprint density at radius 2 is 2.03 bits per heavy atom. The summed E-state index contributed by atoms with van der Waals surface area (Å²) in [5.74, 6) is 1.01. The lowest BCUT2D eigenvalue weighted by Crippen LogP contribution is -2.32. The summed E-state index contributed by atoms with van der Waals surface area (Å²) in [4.78, 5) is 14.9. The summed E-state index contributed by atoms with van der Waals surface area (Å²) in [7, 11) is 1.69. The van der Waals surface area contributed by atoms with Gasteiger partial charge in [0.05, 0.1) is 30.1 Å². The number of nitrogens with one attached hydrogen (secondary N) is 1. The quantitative estimate of drug-likeness (QED) is 0.399. The number of hydrogen-bond donors (Lipinski definition) is 1. The molecule has 3 aromatic rings. The van der Waals surface area contributed by atoms with E-state index in [-0.39, 0.29) is 6.04 Å². The molecular formula is C25H33N5O4. The van der Waals surface area contributed by atoms with Crippen LogP contribution in [0.25, 0.3) is 22.8 Å². The fourth-order valence-electron chi connectivity index (χ4n) is 4.46. The molecule has 2 aromatic heterocycles. The van der Waals surface area contributed by atoms with Crippen molar-refractivity contribution in [3.05, 3.63) is 41.7 Å². The molecule has 0 aliphatic heterocycles. The highest BCUT2D eigenvalue weighted by molar-refractivity contribution is 5.61. The summed E-state index contributed by atoms with van der Waals surface area (Å²) in [6.45, 7) is 4.07. The van der Waals surface area contributed by atoms with Crippen molar-refractivity contribution >= 4 is 6.47 Å². The number of carbonyl (C=O) groups excluding carboxylic acids is 1. The molecule has 1 N–H and O–H groups in total. The highest BCUT2D eigenvalue weighted by Gasteiger charge is 2.24. The number of ether oxygens (including phenoxy) is 2. The Morgan fingerprint density at radius 3 is 2.76 bits per heavy atom. The summed E-state index contributed by atoms with van der Waals surface area (Å²) in [6.07, 6.45) is 8.72. The van der Waals surface area contributed by atoms with Gasteiger partial charge in [0.25, 0.3) is 12.4 Å². The van der Waals surface area contributed by atoms with Crippen LogP contribution >= 0.6 is 0 Å². The molecule has 0 radical (unpaired) electrons. The normalized spacial score (nSPS) is 15.4. The Morgan fingerprint density at radius 1 is 1.24 bits per heavy atom. The molecule has 0 saturated heterocycles. The second-order valence-electron chi connectivity index (χ2n) is 8.83. The van der Waals surface area contributed by atoms with E-state index >= 15 is 0 Å². The first-order chi connectivity index (χ1) is 16.7. The van der Waals surface area contributed by atoms with Gasteiger partial charge in [0.15, 0.2) is 0 Å². The van der Waals surface area contributed by atoms with Crippen molar-refractivity contribution in [2.24, 2.45) is 0 Å². The largest absolute Gasteiger partial charge is 0.466 e. The lowest BCUT2D eigenvalue weighted by atomic mass is 9.95. The second kappa shape index (κ2) is 11.9. The minimum absolute atomic E-state index is 0.118. The molecule has 1 fully saturated rings. The molecule has 4 rings (SSSR count). The third-order valence-corrected chi connectivity index (χ3v) is 6.29. The predicted molar refractivity (Wildman–Crippen MR) is 127 cm³/mol. The summed E-state index contributed by atoms with van der Waals surface area (Å²) >= 11 is 0. The van der Waals surface area contributed by atoms with Crippen molar-refractivity contribution in [1.29, 1.82) is 0 Å². The Hall–Kier alpha value is -3.04. The van der Waals surface area contributed by atoms with E-state index in [9.17, 15) is 4.79 Å². The number of nitrogens with zero attached hydrogens (tertiary/aromatic N) is 4. The van der Waals surface area contributed by atoms with E-state index < -0.39 is 0 Å². The number of aromatic nitrogens is 4. The zero-order valence-electron chi connectivity index (χ0n) is 19.9. The average molecular weight is 468 g/mol. The van der Waals surface area contributed by atoms with Gasteiger partial charge in [0.1, 0.15) is 6.61 Å². The summed E-state index contributed by atoms with van der Waals surface area (Å²) in [5, 5.41) is 12.2. The van der Waals surface area contributed by atoms with Crippen LogP contribution in [0.15, 0.2) is 35.0 Å². The van der Waals surface area contributed by atoms with E-state index in [0.29, 0.717) is 37.4 Å². The van der Waals surface area contributed by atoms with Crippen molar-refractivity contribution in [3.8, 4) is 22.8 Å². The van der Waals surface area contributed by atoms with Gasteiger partial charge in [-0.25, -0.2) is 0 Å². The molecule has 1 aromatic carbocycles. The molecule has 182 valence electrons. The molecule has 0 amide bonds. The third kappa shape index (κ3) is 5.90. The molecule has 1 aliphatic rings. The second-order valence-corrected chi connectivity index (χ2v) is 8.83. The van der Waals surface area contributed by atoms with E-state index in [1.54, 1.807) is 7.11 Å².